The second-order valence-electron chi connectivity index (χ2n) is 5.63. The van der Waals surface area contributed by atoms with Crippen LogP contribution in [0.1, 0.15) is 25.1 Å². The van der Waals surface area contributed by atoms with Gasteiger partial charge in [-0.05, 0) is 43.7 Å². The van der Waals surface area contributed by atoms with Crippen molar-refractivity contribution in [3.05, 3.63) is 47.8 Å². The van der Waals surface area contributed by atoms with Gasteiger partial charge in [-0.15, -0.1) is 24.0 Å². The average Bonchev–Trinajstić information content (AvgIpc) is 2.71. The van der Waals surface area contributed by atoms with Crippen LogP contribution in [0.5, 0.6) is 17.2 Å². The monoisotopic (exact) mass is 500 g/mol. The van der Waals surface area contributed by atoms with E-state index in [2.05, 4.69) is 20.6 Å². The Morgan fingerprint density at radius 1 is 1.07 bits per heavy atom. The lowest BCUT2D eigenvalue weighted by molar-refractivity contribution is 0.288. The molecule has 0 bridgehead atoms. The molecule has 7 nitrogen and oxygen atoms in total. The molecule has 1 aromatic carbocycles. The maximum atomic E-state index is 5.64. The van der Waals surface area contributed by atoms with Gasteiger partial charge in [-0.2, -0.15) is 0 Å². The van der Waals surface area contributed by atoms with Crippen molar-refractivity contribution in [3.8, 4) is 17.2 Å². The number of hydrogen-bond acceptors (Lipinski definition) is 5. The van der Waals surface area contributed by atoms with Gasteiger partial charge in [0, 0.05) is 12.7 Å². The van der Waals surface area contributed by atoms with Crippen molar-refractivity contribution in [2.75, 3.05) is 27.4 Å². The number of halogens is 1. The van der Waals surface area contributed by atoms with Crippen LogP contribution in [0.25, 0.3) is 0 Å². The number of aliphatic imine (C=N–C) groups is 1. The lowest BCUT2D eigenvalue weighted by Gasteiger charge is -2.15. The number of nitrogens with zero attached hydrogens (tertiary/aromatic N) is 2. The quantitative estimate of drug-likeness (QED) is 0.313. The largest absolute Gasteiger partial charge is 0.493 e. The summed E-state index contributed by atoms with van der Waals surface area (Å²) in [5.41, 5.74) is 1.91. The fourth-order valence-electron chi connectivity index (χ4n) is 2.50. The standard InChI is InChI=1S/C20H28N4O3.HI/c1-5-21-20(24-14-16-9-7-8-10-22-16)23-13-15-11-17(25-3)19(27-6-2)18(12-15)26-4;/h7-12H,5-6,13-14H2,1-4H3,(H2,21,23,24);1H. The lowest BCUT2D eigenvalue weighted by atomic mass is 10.2. The molecule has 0 unspecified atom stereocenters. The zero-order valence-corrected chi connectivity index (χ0v) is 19.2. The molecule has 0 fully saturated rings. The third kappa shape index (κ3) is 7.06. The van der Waals surface area contributed by atoms with Crippen LogP contribution in [0.3, 0.4) is 0 Å². The van der Waals surface area contributed by atoms with Gasteiger partial charge in [0.15, 0.2) is 17.5 Å². The zero-order chi connectivity index (χ0) is 19.5. The number of hydrogen-bond donors (Lipinski definition) is 2. The second kappa shape index (κ2) is 13.0. The van der Waals surface area contributed by atoms with E-state index in [9.17, 15) is 0 Å². The molecule has 0 radical (unpaired) electrons. The van der Waals surface area contributed by atoms with E-state index in [0.29, 0.717) is 36.9 Å². The van der Waals surface area contributed by atoms with Crippen LogP contribution in [0.15, 0.2) is 41.5 Å². The van der Waals surface area contributed by atoms with Crippen LogP contribution >= 0.6 is 24.0 Å². The van der Waals surface area contributed by atoms with Crippen molar-refractivity contribution < 1.29 is 14.2 Å². The van der Waals surface area contributed by atoms with Crippen LogP contribution in [0.4, 0.5) is 0 Å². The molecule has 0 atom stereocenters. The van der Waals surface area contributed by atoms with E-state index in [-0.39, 0.29) is 24.0 Å². The van der Waals surface area contributed by atoms with E-state index in [1.807, 2.05) is 44.2 Å². The molecule has 154 valence electrons. The van der Waals surface area contributed by atoms with Gasteiger partial charge in [0.1, 0.15) is 0 Å². The fraction of sp³-hybridized carbons (Fsp3) is 0.400. The smallest absolute Gasteiger partial charge is 0.203 e. The van der Waals surface area contributed by atoms with E-state index in [0.717, 1.165) is 23.8 Å². The first-order valence-electron chi connectivity index (χ1n) is 9.01. The van der Waals surface area contributed by atoms with Crippen LogP contribution in [-0.4, -0.2) is 38.3 Å². The minimum Gasteiger partial charge on any atom is -0.493 e. The first-order chi connectivity index (χ1) is 13.2. The van der Waals surface area contributed by atoms with E-state index in [1.54, 1.807) is 20.4 Å². The summed E-state index contributed by atoms with van der Waals surface area (Å²) in [6.07, 6.45) is 1.78. The van der Waals surface area contributed by atoms with Crippen molar-refractivity contribution >= 4 is 29.9 Å². The molecule has 28 heavy (non-hydrogen) atoms. The number of rotatable bonds is 9. The van der Waals surface area contributed by atoms with E-state index < -0.39 is 0 Å². The highest BCUT2D eigenvalue weighted by atomic mass is 127. The van der Waals surface area contributed by atoms with Gasteiger partial charge < -0.3 is 24.8 Å². The minimum atomic E-state index is 0. The van der Waals surface area contributed by atoms with Crippen molar-refractivity contribution in [2.24, 2.45) is 4.99 Å². The maximum Gasteiger partial charge on any atom is 0.203 e. The van der Waals surface area contributed by atoms with Gasteiger partial charge in [-0.3, -0.25) is 4.98 Å². The van der Waals surface area contributed by atoms with Crippen molar-refractivity contribution in [3.63, 3.8) is 0 Å². The number of nitrogens with one attached hydrogen (secondary N) is 2. The molecule has 0 saturated carbocycles. The second-order valence-corrected chi connectivity index (χ2v) is 5.63. The summed E-state index contributed by atoms with van der Waals surface area (Å²) in [6, 6.07) is 9.67. The van der Waals surface area contributed by atoms with E-state index in [4.69, 9.17) is 14.2 Å². The molecular weight excluding hydrogens is 471 g/mol. The molecule has 0 aliphatic carbocycles. The Labute approximate surface area is 183 Å². The van der Waals surface area contributed by atoms with E-state index in [1.165, 1.54) is 0 Å². The van der Waals surface area contributed by atoms with Gasteiger partial charge in [-0.25, -0.2) is 4.99 Å². The lowest BCUT2D eigenvalue weighted by Crippen LogP contribution is -2.37. The predicted molar refractivity (Wildman–Crippen MR) is 122 cm³/mol. The Kier molecular flexibility index (Phi) is 11.1. The Balaban J connectivity index is 0.00000392. The first-order valence-corrected chi connectivity index (χ1v) is 9.01. The highest BCUT2D eigenvalue weighted by molar-refractivity contribution is 14.0. The fourth-order valence-corrected chi connectivity index (χ4v) is 2.50. The van der Waals surface area contributed by atoms with Crippen molar-refractivity contribution in [1.29, 1.82) is 0 Å². The molecule has 2 N–H and O–H groups in total. The van der Waals surface area contributed by atoms with Gasteiger partial charge in [-0.1, -0.05) is 6.07 Å². The zero-order valence-electron chi connectivity index (χ0n) is 16.8. The molecule has 0 aliphatic heterocycles. The highest BCUT2D eigenvalue weighted by Crippen LogP contribution is 2.38. The van der Waals surface area contributed by atoms with Crippen LogP contribution in [-0.2, 0) is 13.1 Å². The summed E-state index contributed by atoms with van der Waals surface area (Å²) in [5, 5.41) is 6.52. The minimum absolute atomic E-state index is 0. The molecule has 0 aliphatic rings. The number of ether oxygens (including phenoxy) is 3. The summed E-state index contributed by atoms with van der Waals surface area (Å²) in [5.74, 6) is 2.59. The van der Waals surface area contributed by atoms with E-state index >= 15 is 0 Å². The number of benzene rings is 1. The summed E-state index contributed by atoms with van der Waals surface area (Å²) >= 11 is 0. The molecule has 2 aromatic rings. The van der Waals surface area contributed by atoms with Gasteiger partial charge in [0.05, 0.1) is 39.6 Å². The SMILES string of the molecule is CCNC(=NCc1cc(OC)c(OCC)c(OC)c1)NCc1ccccn1.I. The third-order valence-corrected chi connectivity index (χ3v) is 3.74. The molecular formula is C20H29IN4O3. The normalized spacial score (nSPS) is 10.6. The van der Waals surface area contributed by atoms with Crippen LogP contribution in [0.2, 0.25) is 0 Å². The molecule has 0 amide bonds. The Bertz CT molecular complexity index is 716. The summed E-state index contributed by atoms with van der Waals surface area (Å²) in [6.45, 7) is 6.32. The summed E-state index contributed by atoms with van der Waals surface area (Å²) in [4.78, 5) is 8.95. The van der Waals surface area contributed by atoms with Gasteiger partial charge in [0.25, 0.3) is 0 Å². The predicted octanol–water partition coefficient (Wildman–Crippen LogP) is 3.37. The molecule has 0 saturated heterocycles. The van der Waals surface area contributed by atoms with Gasteiger partial charge in [0.2, 0.25) is 5.75 Å². The summed E-state index contributed by atoms with van der Waals surface area (Å²) < 4.78 is 16.5. The topological polar surface area (TPSA) is 77.0 Å². The van der Waals surface area contributed by atoms with Crippen molar-refractivity contribution in [2.45, 2.75) is 26.9 Å². The molecule has 1 aromatic heterocycles. The third-order valence-electron chi connectivity index (χ3n) is 3.74. The Morgan fingerprint density at radius 2 is 1.79 bits per heavy atom. The first kappa shape index (κ1) is 23.8. The molecule has 0 spiro atoms. The Morgan fingerprint density at radius 3 is 2.32 bits per heavy atom. The molecule has 2 rings (SSSR count). The maximum absolute atomic E-state index is 5.64. The molecule has 8 heteroatoms. The Hall–Kier alpha value is -2.23. The number of methoxy groups -OCH3 is 2. The average molecular weight is 500 g/mol. The van der Waals surface area contributed by atoms with Crippen molar-refractivity contribution in [1.82, 2.24) is 15.6 Å². The van der Waals surface area contributed by atoms with Crippen LogP contribution in [0, 0.1) is 0 Å². The van der Waals surface area contributed by atoms with Crippen LogP contribution < -0.4 is 24.8 Å². The van der Waals surface area contributed by atoms with Gasteiger partial charge >= 0.3 is 0 Å². The summed E-state index contributed by atoms with van der Waals surface area (Å²) in [7, 11) is 3.23. The molecule has 1 heterocycles. The number of pyridine rings is 1. The number of aromatic nitrogens is 1. The highest BCUT2D eigenvalue weighted by Gasteiger charge is 2.13. The number of guanidine groups is 1.